The average Bonchev–Trinajstić information content (AvgIpc) is 2.56. The molecule has 0 N–H and O–H groups in total. The zero-order chi connectivity index (χ0) is 15.8. The van der Waals surface area contributed by atoms with Gasteiger partial charge in [-0.15, -0.1) is 0 Å². The first kappa shape index (κ1) is 16.3. The first-order valence-electron chi connectivity index (χ1n) is 7.40. The number of halogens is 1. The maximum Gasteiger partial charge on any atom is 0.494 e. The van der Waals surface area contributed by atoms with Gasteiger partial charge in [-0.25, -0.2) is 4.39 Å². The van der Waals surface area contributed by atoms with Crippen molar-refractivity contribution in [3.05, 3.63) is 24.0 Å². The van der Waals surface area contributed by atoms with E-state index in [1.165, 1.54) is 6.07 Å². The summed E-state index contributed by atoms with van der Waals surface area (Å²) in [5.74, 6) is 0.235. The Kier molecular flexibility index (Phi) is 4.36. The normalized spacial score (nSPS) is 20.1. The highest BCUT2D eigenvalue weighted by atomic mass is 19.1. The molecule has 1 aliphatic heterocycles. The van der Waals surface area contributed by atoms with Gasteiger partial charge in [0.2, 0.25) is 0 Å². The summed E-state index contributed by atoms with van der Waals surface area (Å²) in [5.41, 5.74) is -0.190. The molecule has 0 aromatic heterocycles. The molecule has 0 amide bonds. The first-order valence-corrected chi connectivity index (χ1v) is 7.40. The number of hydrogen-bond donors (Lipinski definition) is 0. The van der Waals surface area contributed by atoms with E-state index in [0.29, 0.717) is 18.0 Å². The molecule has 0 atom stereocenters. The number of benzene rings is 1. The predicted molar refractivity (Wildman–Crippen MR) is 82.4 cm³/mol. The Labute approximate surface area is 126 Å². The molecule has 5 heteroatoms. The lowest BCUT2D eigenvalue weighted by atomic mass is 9.79. The van der Waals surface area contributed by atoms with E-state index in [-0.39, 0.29) is 11.6 Å². The van der Waals surface area contributed by atoms with E-state index in [1.807, 2.05) is 41.5 Å². The van der Waals surface area contributed by atoms with Crippen molar-refractivity contribution in [1.82, 2.24) is 0 Å². The Morgan fingerprint density at radius 1 is 1.14 bits per heavy atom. The van der Waals surface area contributed by atoms with E-state index in [2.05, 4.69) is 0 Å². The van der Waals surface area contributed by atoms with Crippen LogP contribution in [0.1, 0.15) is 41.5 Å². The van der Waals surface area contributed by atoms with Gasteiger partial charge in [0.05, 0.1) is 17.8 Å². The van der Waals surface area contributed by atoms with Crippen molar-refractivity contribution in [1.29, 1.82) is 0 Å². The van der Waals surface area contributed by atoms with Crippen LogP contribution in [0.3, 0.4) is 0 Å². The van der Waals surface area contributed by atoms with Crippen LogP contribution in [-0.4, -0.2) is 24.9 Å². The highest BCUT2D eigenvalue weighted by Gasteiger charge is 2.51. The fourth-order valence-electron chi connectivity index (χ4n) is 2.02. The van der Waals surface area contributed by atoms with Crippen LogP contribution in [0.25, 0.3) is 0 Å². The summed E-state index contributed by atoms with van der Waals surface area (Å²) in [6.45, 7) is 12.4. The van der Waals surface area contributed by atoms with E-state index in [9.17, 15) is 4.39 Å². The van der Waals surface area contributed by atoms with Gasteiger partial charge in [-0.05, 0) is 51.2 Å². The summed E-state index contributed by atoms with van der Waals surface area (Å²) in [5, 5.41) is 0. The topological polar surface area (TPSA) is 27.7 Å². The molecule has 0 spiro atoms. The molecule has 0 radical (unpaired) electrons. The Morgan fingerprint density at radius 2 is 1.71 bits per heavy atom. The summed E-state index contributed by atoms with van der Waals surface area (Å²) < 4.78 is 31.4. The molecule has 1 heterocycles. The van der Waals surface area contributed by atoms with Gasteiger partial charge < -0.3 is 14.0 Å². The second-order valence-electron chi connectivity index (χ2n) is 6.98. The van der Waals surface area contributed by atoms with Crippen molar-refractivity contribution >= 4 is 12.6 Å². The van der Waals surface area contributed by atoms with E-state index in [4.69, 9.17) is 14.0 Å². The lowest BCUT2D eigenvalue weighted by Gasteiger charge is -2.32. The molecular weight excluding hydrogens is 270 g/mol. The second kappa shape index (κ2) is 5.62. The fourth-order valence-corrected chi connectivity index (χ4v) is 2.02. The van der Waals surface area contributed by atoms with Crippen LogP contribution in [0.4, 0.5) is 4.39 Å². The summed E-state index contributed by atoms with van der Waals surface area (Å²) in [7, 11) is -0.552. The molecule has 21 heavy (non-hydrogen) atoms. The third-order valence-corrected chi connectivity index (χ3v) is 4.05. The van der Waals surface area contributed by atoms with E-state index in [1.54, 1.807) is 12.1 Å². The highest BCUT2D eigenvalue weighted by Crippen LogP contribution is 2.36. The summed E-state index contributed by atoms with van der Waals surface area (Å²) >= 11 is 0. The number of rotatable bonds is 4. The number of hydrogen-bond acceptors (Lipinski definition) is 3. The van der Waals surface area contributed by atoms with Gasteiger partial charge in [-0.1, -0.05) is 19.9 Å². The van der Waals surface area contributed by atoms with Crippen LogP contribution in [0.2, 0.25) is 0 Å². The Bertz CT molecular complexity index is 498. The molecule has 0 bridgehead atoms. The fraction of sp³-hybridized carbons (Fsp3) is 0.625. The lowest BCUT2D eigenvalue weighted by molar-refractivity contribution is 0.00578. The highest BCUT2D eigenvalue weighted by molar-refractivity contribution is 6.62. The second-order valence-corrected chi connectivity index (χ2v) is 6.98. The molecule has 1 saturated heterocycles. The minimum absolute atomic E-state index is 0.268. The predicted octanol–water partition coefficient (Wildman–Crippen LogP) is 3.16. The molecule has 1 aromatic rings. The maximum absolute atomic E-state index is 14.1. The van der Waals surface area contributed by atoms with Crippen molar-refractivity contribution in [3.63, 3.8) is 0 Å². The first-order chi connectivity index (χ1) is 9.62. The summed E-state index contributed by atoms with van der Waals surface area (Å²) in [6, 6.07) is 4.86. The van der Waals surface area contributed by atoms with Gasteiger partial charge in [-0.2, -0.15) is 0 Å². The monoisotopic (exact) mass is 294 g/mol. The van der Waals surface area contributed by atoms with Crippen molar-refractivity contribution in [3.8, 4) is 5.75 Å². The largest absolute Gasteiger partial charge is 0.494 e. The van der Waals surface area contributed by atoms with Gasteiger partial charge in [0.1, 0.15) is 0 Å². The Balaban J connectivity index is 2.14. The van der Waals surface area contributed by atoms with Crippen molar-refractivity contribution < 1.29 is 18.4 Å². The van der Waals surface area contributed by atoms with E-state index < -0.39 is 18.3 Å². The van der Waals surface area contributed by atoms with Crippen LogP contribution in [0.15, 0.2) is 18.2 Å². The zero-order valence-corrected chi connectivity index (χ0v) is 13.7. The Hall–Kier alpha value is -1.07. The van der Waals surface area contributed by atoms with Crippen molar-refractivity contribution in [2.75, 3.05) is 6.61 Å². The lowest BCUT2D eigenvalue weighted by Crippen LogP contribution is -2.41. The zero-order valence-electron chi connectivity index (χ0n) is 13.7. The van der Waals surface area contributed by atoms with Crippen LogP contribution in [0.5, 0.6) is 5.75 Å². The maximum atomic E-state index is 14.1. The van der Waals surface area contributed by atoms with Gasteiger partial charge in [0.15, 0.2) is 11.6 Å². The van der Waals surface area contributed by atoms with Crippen LogP contribution in [0, 0.1) is 11.7 Å². The minimum Gasteiger partial charge on any atom is -0.490 e. The van der Waals surface area contributed by atoms with Gasteiger partial charge >= 0.3 is 7.12 Å². The standard InChI is InChI=1S/C16H24BFO3/c1-11(2)10-19-14-8-7-12(9-13(14)18)17-20-15(3,4)16(5,6)21-17/h7-9,11H,10H2,1-6H3. The van der Waals surface area contributed by atoms with Gasteiger partial charge in [0.25, 0.3) is 0 Å². The molecule has 2 rings (SSSR count). The van der Waals surface area contributed by atoms with E-state index in [0.717, 1.165) is 0 Å². The molecule has 0 unspecified atom stereocenters. The van der Waals surface area contributed by atoms with Gasteiger partial charge in [-0.3, -0.25) is 0 Å². The van der Waals surface area contributed by atoms with Crippen molar-refractivity contribution in [2.45, 2.75) is 52.7 Å². The number of ether oxygens (including phenoxy) is 1. The molecule has 0 saturated carbocycles. The van der Waals surface area contributed by atoms with Crippen LogP contribution < -0.4 is 10.2 Å². The molecular formula is C16H24BFO3. The summed E-state index contributed by atoms with van der Waals surface area (Å²) in [6.07, 6.45) is 0. The third kappa shape index (κ3) is 3.41. The van der Waals surface area contributed by atoms with Gasteiger partial charge in [0, 0.05) is 0 Å². The minimum atomic E-state index is -0.552. The molecule has 0 aliphatic carbocycles. The molecule has 1 aromatic carbocycles. The average molecular weight is 294 g/mol. The molecule has 1 aliphatic rings. The SMILES string of the molecule is CC(C)COc1ccc(B2OC(C)(C)C(C)(C)O2)cc1F. The molecule has 3 nitrogen and oxygen atoms in total. The molecule has 116 valence electrons. The summed E-state index contributed by atoms with van der Waals surface area (Å²) in [4.78, 5) is 0. The quantitative estimate of drug-likeness (QED) is 0.798. The Morgan fingerprint density at radius 3 is 2.19 bits per heavy atom. The van der Waals surface area contributed by atoms with Crippen molar-refractivity contribution in [2.24, 2.45) is 5.92 Å². The molecule has 1 fully saturated rings. The van der Waals surface area contributed by atoms with Crippen LogP contribution in [-0.2, 0) is 9.31 Å². The van der Waals surface area contributed by atoms with Crippen LogP contribution >= 0.6 is 0 Å². The third-order valence-electron chi connectivity index (χ3n) is 4.05. The van der Waals surface area contributed by atoms with E-state index >= 15 is 0 Å². The smallest absolute Gasteiger partial charge is 0.490 e.